The van der Waals surface area contributed by atoms with Gasteiger partial charge < -0.3 is 10.0 Å². The molecule has 0 aromatic rings. The van der Waals surface area contributed by atoms with Crippen LogP contribution in [-0.4, -0.2) is 58.5 Å². The van der Waals surface area contributed by atoms with Crippen molar-refractivity contribution < 1.29 is 14.7 Å². The van der Waals surface area contributed by atoms with Crippen molar-refractivity contribution in [3.63, 3.8) is 0 Å². The van der Waals surface area contributed by atoms with Crippen molar-refractivity contribution in [2.75, 3.05) is 26.2 Å². The van der Waals surface area contributed by atoms with Gasteiger partial charge in [0.15, 0.2) is 0 Å². The zero-order valence-corrected chi connectivity index (χ0v) is 13.0. The number of hydrogen-bond donors (Lipinski definition) is 1. The molecule has 1 aliphatic rings. The van der Waals surface area contributed by atoms with Crippen molar-refractivity contribution in [1.82, 2.24) is 9.80 Å². The summed E-state index contributed by atoms with van der Waals surface area (Å²) in [5.74, 6) is -0.725. The average molecular weight is 284 g/mol. The van der Waals surface area contributed by atoms with Gasteiger partial charge in [-0.15, -0.1) is 0 Å². The Hall–Kier alpha value is -1.10. The van der Waals surface area contributed by atoms with Crippen LogP contribution in [0.4, 0.5) is 0 Å². The fourth-order valence-electron chi connectivity index (χ4n) is 3.12. The molecule has 0 spiro atoms. The lowest BCUT2D eigenvalue weighted by atomic mass is 9.93. The van der Waals surface area contributed by atoms with Crippen molar-refractivity contribution in [2.24, 2.45) is 0 Å². The van der Waals surface area contributed by atoms with Crippen LogP contribution < -0.4 is 0 Å². The minimum atomic E-state index is -0.834. The summed E-state index contributed by atoms with van der Waals surface area (Å²) < 4.78 is 0. The van der Waals surface area contributed by atoms with Crippen LogP contribution in [0.15, 0.2) is 0 Å². The third-order valence-electron chi connectivity index (χ3n) is 4.27. The molecule has 0 aromatic heterocycles. The van der Waals surface area contributed by atoms with Gasteiger partial charge in [-0.1, -0.05) is 20.8 Å². The molecule has 1 heterocycles. The molecule has 1 aliphatic heterocycles. The standard InChI is InChI=1S/C15H28N2O3/c1-4-9-16(10-5-2)13(18)12-17-11-7-8-15(17,6-3)14(19)20/h4-12H2,1-3H3,(H,19,20). The molecule has 0 radical (unpaired) electrons. The minimum absolute atomic E-state index is 0.0645. The summed E-state index contributed by atoms with van der Waals surface area (Å²) in [6, 6.07) is 0. The molecule has 1 N–H and O–H groups in total. The van der Waals surface area contributed by atoms with Crippen LogP contribution in [0.1, 0.15) is 52.9 Å². The summed E-state index contributed by atoms with van der Waals surface area (Å²) in [7, 11) is 0. The number of carboxylic acid groups (broad SMARTS) is 1. The molecule has 1 unspecified atom stereocenters. The highest BCUT2D eigenvalue weighted by atomic mass is 16.4. The van der Waals surface area contributed by atoms with Gasteiger partial charge in [0.05, 0.1) is 6.54 Å². The van der Waals surface area contributed by atoms with E-state index in [9.17, 15) is 14.7 Å². The van der Waals surface area contributed by atoms with Crippen molar-refractivity contribution in [3.05, 3.63) is 0 Å². The molecule has 116 valence electrons. The average Bonchev–Trinajstić information content (AvgIpc) is 2.82. The Balaban J connectivity index is 2.74. The van der Waals surface area contributed by atoms with E-state index >= 15 is 0 Å². The topological polar surface area (TPSA) is 60.9 Å². The first-order valence-electron chi connectivity index (χ1n) is 7.78. The van der Waals surface area contributed by atoms with Crippen LogP contribution in [0.5, 0.6) is 0 Å². The third kappa shape index (κ3) is 3.51. The normalized spacial score (nSPS) is 22.9. The molecule has 1 rings (SSSR count). The summed E-state index contributed by atoms with van der Waals surface area (Å²) in [5, 5.41) is 9.53. The second kappa shape index (κ2) is 7.62. The predicted molar refractivity (Wildman–Crippen MR) is 78.6 cm³/mol. The quantitative estimate of drug-likeness (QED) is 0.740. The molecule has 1 saturated heterocycles. The van der Waals surface area contributed by atoms with E-state index in [1.165, 1.54) is 0 Å². The van der Waals surface area contributed by atoms with Crippen LogP contribution in [0.3, 0.4) is 0 Å². The zero-order valence-electron chi connectivity index (χ0n) is 13.0. The summed E-state index contributed by atoms with van der Waals surface area (Å²) in [6.45, 7) is 8.46. The number of likely N-dealkylation sites (tertiary alicyclic amines) is 1. The molecule has 20 heavy (non-hydrogen) atoms. The maximum absolute atomic E-state index is 12.4. The monoisotopic (exact) mass is 284 g/mol. The number of hydrogen-bond acceptors (Lipinski definition) is 3. The maximum atomic E-state index is 12.4. The number of carbonyl (C=O) groups is 2. The SMILES string of the molecule is CCCN(CCC)C(=O)CN1CCCC1(CC)C(=O)O. The lowest BCUT2D eigenvalue weighted by Gasteiger charge is -2.34. The second-order valence-corrected chi connectivity index (χ2v) is 5.60. The van der Waals surface area contributed by atoms with Crippen LogP contribution in [0, 0.1) is 0 Å². The third-order valence-corrected chi connectivity index (χ3v) is 4.27. The smallest absolute Gasteiger partial charge is 0.324 e. The molecule has 5 heteroatoms. The number of aliphatic carboxylic acids is 1. The van der Waals surface area contributed by atoms with Gasteiger partial charge in [-0.25, -0.2) is 0 Å². The van der Waals surface area contributed by atoms with Gasteiger partial charge in [0, 0.05) is 13.1 Å². The molecule has 1 amide bonds. The number of nitrogens with zero attached hydrogens (tertiary/aromatic N) is 2. The Bertz CT molecular complexity index is 340. The van der Waals surface area contributed by atoms with E-state index in [0.29, 0.717) is 19.4 Å². The summed E-state index contributed by atoms with van der Waals surface area (Å²) in [5.41, 5.74) is -0.834. The van der Waals surface area contributed by atoms with Crippen LogP contribution in [-0.2, 0) is 9.59 Å². The molecule has 0 aromatic carbocycles. The van der Waals surface area contributed by atoms with Crippen molar-refractivity contribution in [3.8, 4) is 0 Å². The van der Waals surface area contributed by atoms with E-state index in [-0.39, 0.29) is 12.5 Å². The first-order valence-corrected chi connectivity index (χ1v) is 7.78. The molecule has 0 saturated carbocycles. The van der Waals surface area contributed by atoms with Gasteiger partial charge in [0.1, 0.15) is 5.54 Å². The molecule has 0 aliphatic carbocycles. The summed E-state index contributed by atoms with van der Waals surface area (Å²) in [6.07, 6.45) is 3.92. The summed E-state index contributed by atoms with van der Waals surface area (Å²) >= 11 is 0. The van der Waals surface area contributed by atoms with Crippen LogP contribution in [0.25, 0.3) is 0 Å². The molecule has 5 nitrogen and oxygen atoms in total. The van der Waals surface area contributed by atoms with Crippen molar-refractivity contribution >= 4 is 11.9 Å². The Morgan fingerprint density at radius 1 is 1.20 bits per heavy atom. The molecule has 0 bridgehead atoms. The molecular formula is C15H28N2O3. The Kier molecular flexibility index (Phi) is 6.46. The highest BCUT2D eigenvalue weighted by Gasteiger charge is 2.46. The number of carboxylic acids is 1. The largest absolute Gasteiger partial charge is 0.480 e. The van der Waals surface area contributed by atoms with Gasteiger partial charge >= 0.3 is 5.97 Å². The van der Waals surface area contributed by atoms with Gasteiger partial charge in [-0.2, -0.15) is 0 Å². The fourth-order valence-corrected chi connectivity index (χ4v) is 3.12. The predicted octanol–water partition coefficient (Wildman–Crippen LogP) is 1.96. The van der Waals surface area contributed by atoms with Crippen molar-refractivity contribution in [1.29, 1.82) is 0 Å². The van der Waals surface area contributed by atoms with E-state index in [1.54, 1.807) is 0 Å². The minimum Gasteiger partial charge on any atom is -0.480 e. The van der Waals surface area contributed by atoms with Gasteiger partial charge in [0.25, 0.3) is 0 Å². The van der Waals surface area contributed by atoms with Gasteiger partial charge in [-0.3, -0.25) is 14.5 Å². The first-order chi connectivity index (χ1) is 9.51. The van der Waals surface area contributed by atoms with Gasteiger partial charge in [0.2, 0.25) is 5.91 Å². The van der Waals surface area contributed by atoms with E-state index in [4.69, 9.17) is 0 Å². The number of amides is 1. The summed E-state index contributed by atoms with van der Waals surface area (Å²) in [4.78, 5) is 27.7. The Morgan fingerprint density at radius 3 is 2.25 bits per heavy atom. The Morgan fingerprint density at radius 2 is 1.80 bits per heavy atom. The van der Waals surface area contributed by atoms with Crippen LogP contribution >= 0.6 is 0 Å². The second-order valence-electron chi connectivity index (χ2n) is 5.60. The lowest BCUT2D eigenvalue weighted by Crippen LogP contribution is -2.53. The molecule has 1 fully saturated rings. The fraction of sp³-hybridized carbons (Fsp3) is 0.867. The van der Waals surface area contributed by atoms with Crippen LogP contribution in [0.2, 0.25) is 0 Å². The van der Waals surface area contributed by atoms with Gasteiger partial charge in [-0.05, 0) is 38.6 Å². The number of rotatable bonds is 8. The van der Waals surface area contributed by atoms with E-state index in [1.807, 2.05) is 16.7 Å². The van der Waals surface area contributed by atoms with E-state index < -0.39 is 11.5 Å². The highest BCUT2D eigenvalue weighted by Crippen LogP contribution is 2.32. The van der Waals surface area contributed by atoms with Crippen molar-refractivity contribution in [2.45, 2.75) is 58.4 Å². The van der Waals surface area contributed by atoms with E-state index in [0.717, 1.165) is 32.4 Å². The molecule has 1 atom stereocenters. The number of carbonyl (C=O) groups excluding carboxylic acids is 1. The van der Waals surface area contributed by atoms with E-state index in [2.05, 4.69) is 13.8 Å². The first kappa shape index (κ1) is 17.0. The molecular weight excluding hydrogens is 256 g/mol. The zero-order chi connectivity index (χ0) is 15.2. The lowest BCUT2D eigenvalue weighted by molar-refractivity contribution is -0.151. The maximum Gasteiger partial charge on any atom is 0.324 e. The highest BCUT2D eigenvalue weighted by molar-refractivity contribution is 5.82. The Labute approximate surface area is 121 Å².